The average Bonchev–Trinajstić information content (AvgIpc) is 3.46. The predicted octanol–water partition coefficient (Wildman–Crippen LogP) is 2.43. The molecule has 36 heavy (non-hydrogen) atoms. The molecule has 0 unspecified atom stereocenters. The summed E-state index contributed by atoms with van der Waals surface area (Å²) in [5, 5.41) is 8.76. The number of fused-ring (bicyclic) bond motifs is 2. The van der Waals surface area contributed by atoms with Gasteiger partial charge in [0, 0.05) is 0 Å². The number of benzene rings is 2. The quantitative estimate of drug-likeness (QED) is 0.475. The average molecular weight is 504 g/mol. The van der Waals surface area contributed by atoms with Crippen molar-refractivity contribution in [2.24, 2.45) is 4.99 Å². The second kappa shape index (κ2) is 9.71. The molecule has 2 aliphatic rings. The van der Waals surface area contributed by atoms with E-state index in [4.69, 9.17) is 24.2 Å². The molecule has 2 aromatic carbocycles. The Bertz CT molecular complexity index is 1610. The maximum absolute atomic E-state index is 13.7. The number of aromatic nitrogens is 1. The minimum Gasteiger partial charge on any atom is -0.479 e. The van der Waals surface area contributed by atoms with Gasteiger partial charge in [0.25, 0.3) is 5.56 Å². The molecule has 0 amide bonds. The zero-order valence-electron chi connectivity index (χ0n) is 19.5. The predicted molar refractivity (Wildman–Crippen MR) is 131 cm³/mol. The van der Waals surface area contributed by atoms with E-state index in [0.29, 0.717) is 43.4 Å². The summed E-state index contributed by atoms with van der Waals surface area (Å²) in [6.07, 6.45) is 1.74. The van der Waals surface area contributed by atoms with Gasteiger partial charge in [-0.1, -0.05) is 29.5 Å². The molecule has 3 aromatic rings. The number of carbonyl (C=O) groups excluding carboxylic acids is 1. The highest BCUT2D eigenvalue weighted by Crippen LogP contribution is 2.38. The molecule has 0 saturated carbocycles. The van der Waals surface area contributed by atoms with Gasteiger partial charge in [-0.05, 0) is 55.3 Å². The number of rotatable bonds is 6. The molecule has 0 radical (unpaired) electrons. The fourth-order valence-electron chi connectivity index (χ4n) is 4.15. The molecule has 2 aliphatic heterocycles. The molecule has 0 fully saturated rings. The maximum Gasteiger partial charge on any atom is 0.338 e. The van der Waals surface area contributed by atoms with Crippen molar-refractivity contribution < 1.29 is 23.7 Å². The zero-order valence-corrected chi connectivity index (χ0v) is 20.3. The highest BCUT2D eigenvalue weighted by molar-refractivity contribution is 7.07. The van der Waals surface area contributed by atoms with E-state index in [1.165, 1.54) is 15.9 Å². The number of thiazole rings is 1. The molecular weight excluding hydrogens is 482 g/mol. The van der Waals surface area contributed by atoms with Crippen LogP contribution in [0.3, 0.4) is 0 Å². The summed E-state index contributed by atoms with van der Waals surface area (Å²) < 4.78 is 23.6. The topological polar surface area (TPSA) is 112 Å². The van der Waals surface area contributed by atoms with Crippen molar-refractivity contribution in [3.8, 4) is 23.3 Å². The first-order valence-corrected chi connectivity index (χ1v) is 12.0. The molecule has 0 aliphatic carbocycles. The number of ether oxygens (including phenoxy) is 4. The van der Waals surface area contributed by atoms with Gasteiger partial charge in [-0.2, -0.15) is 5.26 Å². The van der Waals surface area contributed by atoms with Crippen LogP contribution in [-0.2, 0) is 9.53 Å². The van der Waals surface area contributed by atoms with E-state index >= 15 is 0 Å². The molecular formula is C26H21N3O6S. The van der Waals surface area contributed by atoms with Crippen molar-refractivity contribution in [3.05, 3.63) is 84.5 Å². The third kappa shape index (κ3) is 4.25. The zero-order chi connectivity index (χ0) is 25.2. The second-order valence-electron chi connectivity index (χ2n) is 7.93. The molecule has 0 spiro atoms. The van der Waals surface area contributed by atoms with Gasteiger partial charge in [-0.25, -0.2) is 9.79 Å². The van der Waals surface area contributed by atoms with Crippen LogP contribution in [0.4, 0.5) is 0 Å². The smallest absolute Gasteiger partial charge is 0.338 e. The number of hydrogen-bond donors (Lipinski definition) is 0. The van der Waals surface area contributed by atoms with Crippen LogP contribution in [0.25, 0.3) is 6.08 Å². The lowest BCUT2D eigenvalue weighted by atomic mass is 9.95. The molecule has 9 nitrogen and oxygen atoms in total. The van der Waals surface area contributed by atoms with Crippen molar-refractivity contribution in [1.82, 2.24) is 4.57 Å². The van der Waals surface area contributed by atoms with Crippen LogP contribution in [0.15, 0.2) is 63.5 Å². The van der Waals surface area contributed by atoms with Gasteiger partial charge < -0.3 is 18.9 Å². The Balaban J connectivity index is 1.66. The van der Waals surface area contributed by atoms with E-state index in [1.54, 1.807) is 50.3 Å². The van der Waals surface area contributed by atoms with E-state index in [-0.39, 0.29) is 25.6 Å². The van der Waals surface area contributed by atoms with Crippen molar-refractivity contribution in [1.29, 1.82) is 5.26 Å². The van der Waals surface area contributed by atoms with Crippen LogP contribution in [-0.4, -0.2) is 30.5 Å². The van der Waals surface area contributed by atoms with Gasteiger partial charge in [-0.15, -0.1) is 0 Å². The van der Waals surface area contributed by atoms with Crippen LogP contribution in [0, 0.1) is 11.3 Å². The first-order valence-electron chi connectivity index (χ1n) is 11.2. The molecule has 182 valence electrons. The largest absolute Gasteiger partial charge is 0.479 e. The molecule has 0 saturated heterocycles. The van der Waals surface area contributed by atoms with Crippen molar-refractivity contribution >= 4 is 23.4 Å². The summed E-state index contributed by atoms with van der Waals surface area (Å²) in [6, 6.07) is 13.6. The molecule has 3 heterocycles. The summed E-state index contributed by atoms with van der Waals surface area (Å²) in [7, 11) is 0. The number of carbonyl (C=O) groups is 1. The third-order valence-electron chi connectivity index (χ3n) is 5.69. The molecule has 0 N–H and O–H groups in total. The van der Waals surface area contributed by atoms with Crippen LogP contribution in [0.5, 0.6) is 17.2 Å². The van der Waals surface area contributed by atoms with Gasteiger partial charge in [0.2, 0.25) is 6.79 Å². The summed E-state index contributed by atoms with van der Waals surface area (Å²) in [5.74, 6) is 1.14. The number of allylic oxidation sites excluding steroid dienone is 1. The Hall–Kier alpha value is -4.36. The number of nitrogens with zero attached hydrogens (tertiary/aromatic N) is 3. The van der Waals surface area contributed by atoms with Gasteiger partial charge >= 0.3 is 5.97 Å². The fourth-order valence-corrected chi connectivity index (χ4v) is 5.20. The Morgan fingerprint density at radius 2 is 2.11 bits per heavy atom. The van der Waals surface area contributed by atoms with Crippen LogP contribution in [0.2, 0.25) is 0 Å². The standard InChI is InChI=1S/C26H21N3O6S/c1-3-32-25(31)22-15(2)28-26-29(23(22)17-7-8-19-20(13-17)35-14-34-19)24(30)21(36-26)12-16-5-4-6-18(11-16)33-10-9-27/h4-8,11-13,23H,3,10,14H2,1-2H3/b21-12-/t23-/m0/s1. The van der Waals surface area contributed by atoms with Crippen LogP contribution in [0.1, 0.15) is 31.0 Å². The Kier molecular flexibility index (Phi) is 6.31. The highest BCUT2D eigenvalue weighted by Gasteiger charge is 2.34. The molecule has 10 heteroatoms. The van der Waals surface area contributed by atoms with Gasteiger partial charge in [0.15, 0.2) is 22.9 Å². The second-order valence-corrected chi connectivity index (χ2v) is 8.94. The summed E-state index contributed by atoms with van der Waals surface area (Å²) in [4.78, 5) is 31.8. The van der Waals surface area contributed by atoms with Crippen LogP contribution >= 0.6 is 11.3 Å². The fraction of sp³-hybridized carbons (Fsp3) is 0.231. The van der Waals surface area contributed by atoms with E-state index in [2.05, 4.69) is 4.99 Å². The minimum absolute atomic E-state index is 0.0723. The van der Waals surface area contributed by atoms with Crippen molar-refractivity contribution in [2.75, 3.05) is 20.0 Å². The molecule has 5 rings (SSSR count). The normalized spacial score (nSPS) is 16.2. The summed E-state index contributed by atoms with van der Waals surface area (Å²) >= 11 is 1.23. The number of hydrogen-bond acceptors (Lipinski definition) is 9. The van der Waals surface area contributed by atoms with E-state index in [0.717, 1.165) is 5.56 Å². The highest BCUT2D eigenvalue weighted by atomic mass is 32.1. The lowest BCUT2D eigenvalue weighted by Crippen LogP contribution is -2.39. The van der Waals surface area contributed by atoms with E-state index < -0.39 is 12.0 Å². The Morgan fingerprint density at radius 3 is 2.92 bits per heavy atom. The third-order valence-corrected chi connectivity index (χ3v) is 6.67. The monoisotopic (exact) mass is 503 g/mol. The van der Waals surface area contributed by atoms with Crippen molar-refractivity contribution in [3.63, 3.8) is 0 Å². The Labute approximate surface area is 209 Å². The number of nitriles is 1. The molecule has 1 aromatic heterocycles. The number of esters is 1. The molecule has 1 atom stereocenters. The summed E-state index contributed by atoms with van der Waals surface area (Å²) in [6.45, 7) is 3.69. The Morgan fingerprint density at radius 1 is 1.28 bits per heavy atom. The molecule has 0 bridgehead atoms. The lowest BCUT2D eigenvalue weighted by molar-refractivity contribution is -0.139. The van der Waals surface area contributed by atoms with Gasteiger partial charge in [-0.3, -0.25) is 9.36 Å². The van der Waals surface area contributed by atoms with Crippen molar-refractivity contribution in [2.45, 2.75) is 19.9 Å². The van der Waals surface area contributed by atoms with Crippen LogP contribution < -0.4 is 29.1 Å². The van der Waals surface area contributed by atoms with E-state index in [9.17, 15) is 9.59 Å². The van der Waals surface area contributed by atoms with E-state index in [1.807, 2.05) is 18.2 Å². The van der Waals surface area contributed by atoms with Gasteiger partial charge in [0.1, 0.15) is 11.8 Å². The van der Waals surface area contributed by atoms with Gasteiger partial charge in [0.05, 0.1) is 28.5 Å². The SMILES string of the molecule is CCOC(=O)C1=C(C)N=c2s/c(=C\c3cccc(OCC#N)c3)c(=O)n2[C@H]1c1ccc2c(c1)OCO2. The first kappa shape index (κ1) is 23.4. The minimum atomic E-state index is -0.748. The first-order chi connectivity index (χ1) is 17.5. The lowest BCUT2D eigenvalue weighted by Gasteiger charge is -2.24. The maximum atomic E-state index is 13.7. The summed E-state index contributed by atoms with van der Waals surface area (Å²) in [5.41, 5.74) is 1.89.